The zero-order chi connectivity index (χ0) is 46.1. The molecule has 1 fully saturated rings. The Labute approximate surface area is 409 Å². The summed E-state index contributed by atoms with van der Waals surface area (Å²) < 4.78 is 14.5. The van der Waals surface area contributed by atoms with E-state index >= 15 is 0 Å². The van der Waals surface area contributed by atoms with E-state index < -0.39 is 0 Å². The van der Waals surface area contributed by atoms with E-state index in [1.165, 1.54) is 71.4 Å². The van der Waals surface area contributed by atoms with Crippen LogP contribution in [0.3, 0.4) is 0 Å². The monoisotopic (exact) mass is 904 g/mol. The van der Waals surface area contributed by atoms with Crippen molar-refractivity contribution in [2.75, 3.05) is 9.80 Å². The van der Waals surface area contributed by atoms with Crippen molar-refractivity contribution in [1.82, 2.24) is 0 Å². The molecule has 7 aromatic carbocycles. The number of para-hydroxylation sites is 1. The molecule has 5 unspecified atom stereocenters. The van der Waals surface area contributed by atoms with Crippen molar-refractivity contribution >= 4 is 50.6 Å². The lowest BCUT2D eigenvalue weighted by Crippen LogP contribution is -2.45. The number of aryl methyl sites for hydroxylation is 1. The molecular formula is C66H52N2O2. The molecule has 0 spiro atoms. The summed E-state index contributed by atoms with van der Waals surface area (Å²) in [4.78, 5) is 4.92. The van der Waals surface area contributed by atoms with E-state index in [0.29, 0.717) is 0 Å². The molecule has 5 atom stereocenters. The van der Waals surface area contributed by atoms with Crippen LogP contribution in [0, 0.1) is 5.92 Å². The highest BCUT2D eigenvalue weighted by molar-refractivity contribution is 5.97. The summed E-state index contributed by atoms with van der Waals surface area (Å²) in [5.41, 5.74) is 17.4. The van der Waals surface area contributed by atoms with Crippen LogP contribution in [0.25, 0.3) is 44.7 Å². The smallest absolute Gasteiger partial charge is 0.155 e. The van der Waals surface area contributed by atoms with E-state index in [-0.39, 0.29) is 30.3 Å². The first kappa shape index (κ1) is 41.1. The van der Waals surface area contributed by atoms with Crippen LogP contribution in [-0.4, -0.2) is 24.4 Å². The van der Waals surface area contributed by atoms with E-state index in [0.717, 1.165) is 66.2 Å². The Morgan fingerprint density at radius 3 is 2.26 bits per heavy atom. The molecule has 0 bridgehead atoms. The number of ether oxygens (including phenoxy) is 2. The van der Waals surface area contributed by atoms with Gasteiger partial charge in [-0.3, -0.25) is 0 Å². The van der Waals surface area contributed by atoms with Crippen LogP contribution < -0.4 is 25.0 Å². The Hall–Kier alpha value is -7.92. The van der Waals surface area contributed by atoms with Crippen molar-refractivity contribution < 1.29 is 9.47 Å². The van der Waals surface area contributed by atoms with E-state index in [2.05, 4.69) is 234 Å². The number of allylic oxidation sites excluding steroid dienone is 8. The van der Waals surface area contributed by atoms with Gasteiger partial charge in [-0.25, -0.2) is 0 Å². The Kier molecular flexibility index (Phi) is 9.94. The van der Waals surface area contributed by atoms with Crippen LogP contribution in [0.2, 0.25) is 0 Å². The topological polar surface area (TPSA) is 24.9 Å². The minimum atomic E-state index is -0.258. The summed E-state index contributed by atoms with van der Waals surface area (Å²) in [6.45, 7) is 0. The molecule has 0 amide bonds. The lowest BCUT2D eigenvalue weighted by Gasteiger charge is -2.33. The highest BCUT2D eigenvalue weighted by atomic mass is 16.6. The molecule has 2 heterocycles. The van der Waals surface area contributed by atoms with E-state index in [9.17, 15) is 0 Å². The van der Waals surface area contributed by atoms with Crippen molar-refractivity contribution in [2.24, 2.45) is 5.92 Å². The van der Waals surface area contributed by atoms with Crippen LogP contribution >= 0.6 is 0 Å². The molecule has 0 radical (unpaired) electrons. The molecule has 7 aliphatic rings. The number of anilines is 3. The average molecular weight is 905 g/mol. The second-order valence-corrected chi connectivity index (χ2v) is 19.5. The van der Waals surface area contributed by atoms with Crippen LogP contribution in [-0.2, 0) is 11.2 Å². The van der Waals surface area contributed by atoms with E-state index in [1.54, 1.807) is 0 Å². The number of hydrogen-bond acceptors (Lipinski definition) is 4. The molecule has 4 nitrogen and oxygen atoms in total. The molecular weight excluding hydrogens is 853 g/mol. The summed E-state index contributed by atoms with van der Waals surface area (Å²) in [6.07, 6.45) is 30.1. The first-order chi connectivity index (χ1) is 34.7. The van der Waals surface area contributed by atoms with Gasteiger partial charge in [0.2, 0.25) is 0 Å². The van der Waals surface area contributed by atoms with Crippen LogP contribution in [0.15, 0.2) is 230 Å². The summed E-state index contributed by atoms with van der Waals surface area (Å²) in [5.74, 6) is 1.01. The molecule has 0 aromatic heterocycles. The number of hydrogen-bond donors (Lipinski definition) is 0. The van der Waals surface area contributed by atoms with Gasteiger partial charge in [0.1, 0.15) is 11.9 Å². The molecule has 2 aliphatic heterocycles. The first-order valence-corrected chi connectivity index (χ1v) is 25.2. The fourth-order valence-electron chi connectivity index (χ4n) is 12.4. The van der Waals surface area contributed by atoms with E-state index in [4.69, 9.17) is 9.47 Å². The second kappa shape index (κ2) is 16.9. The predicted molar refractivity (Wildman–Crippen MR) is 288 cm³/mol. The number of benzene rings is 7. The quantitative estimate of drug-likeness (QED) is 0.152. The van der Waals surface area contributed by atoms with Crippen molar-refractivity contribution in [3.63, 3.8) is 0 Å². The van der Waals surface area contributed by atoms with E-state index in [1.807, 2.05) is 0 Å². The van der Waals surface area contributed by atoms with Gasteiger partial charge >= 0.3 is 0 Å². The van der Waals surface area contributed by atoms with Gasteiger partial charge in [0.05, 0.1) is 12.1 Å². The molecule has 0 N–H and O–H groups in total. The zero-order valence-corrected chi connectivity index (χ0v) is 39.0. The SMILES string of the molecule is C1=CCCC(N(C2=CC3OC4C(=c5ccccc5=C5c6ccc(N(c7ccccc7)C7C=CC(c8cccc9c8C=CCC9)=CC7)cc6OC54)C3C=C2)c2ccc(-c3cccc4ccccc34)cc2)=C1. The predicted octanol–water partition coefficient (Wildman–Crippen LogP) is 13.7. The second-order valence-electron chi connectivity index (χ2n) is 19.5. The lowest BCUT2D eigenvalue weighted by atomic mass is 9.80. The fraction of sp³-hybridized carbons (Fsp3) is 0.152. The minimum absolute atomic E-state index is 0.0946. The zero-order valence-electron chi connectivity index (χ0n) is 39.0. The Morgan fingerprint density at radius 2 is 1.39 bits per heavy atom. The van der Waals surface area contributed by atoms with Crippen molar-refractivity contribution in [3.05, 3.63) is 263 Å². The average Bonchev–Trinajstić information content (AvgIpc) is 4.01. The van der Waals surface area contributed by atoms with Gasteiger partial charge in [0.15, 0.2) is 6.10 Å². The number of rotatable bonds is 8. The fourth-order valence-corrected chi connectivity index (χ4v) is 12.4. The summed E-state index contributed by atoms with van der Waals surface area (Å²) in [5, 5.41) is 5.04. The minimum Gasteiger partial charge on any atom is -0.482 e. The van der Waals surface area contributed by atoms with Gasteiger partial charge in [-0.1, -0.05) is 164 Å². The van der Waals surface area contributed by atoms with Gasteiger partial charge in [0.25, 0.3) is 0 Å². The summed E-state index contributed by atoms with van der Waals surface area (Å²) >= 11 is 0. The van der Waals surface area contributed by atoms with Gasteiger partial charge in [-0.15, -0.1) is 0 Å². The molecule has 14 rings (SSSR count). The summed E-state index contributed by atoms with van der Waals surface area (Å²) in [6, 6.07) is 57.9. The molecule has 5 aliphatic carbocycles. The molecule has 1 saturated heterocycles. The van der Waals surface area contributed by atoms with Gasteiger partial charge in [0, 0.05) is 51.6 Å². The maximum absolute atomic E-state index is 7.32. The molecule has 70 heavy (non-hydrogen) atoms. The Balaban J connectivity index is 0.787. The third-order valence-corrected chi connectivity index (χ3v) is 15.6. The highest BCUT2D eigenvalue weighted by Gasteiger charge is 2.50. The van der Waals surface area contributed by atoms with Crippen LogP contribution in [0.5, 0.6) is 5.75 Å². The molecule has 4 heteroatoms. The Bertz CT molecular complexity index is 3620. The first-order valence-electron chi connectivity index (χ1n) is 25.2. The summed E-state index contributed by atoms with van der Waals surface area (Å²) in [7, 11) is 0. The third-order valence-electron chi connectivity index (χ3n) is 15.6. The standard InChI is InChI=1S/C66H52N2O2/c1-3-19-47(20-4-1)67(49-33-29-45(30-34-49)55-27-13-17-43-15-7-9-23-53(43)55)51-37-39-59-61(41-51)69-65-63(59)57-25-11-12-26-58(57)64-60-40-38-52(42-62(60)70-66(64)65)68(48-21-5-2-6-22-48)50-35-31-46(32-36-50)56-28-14-18-44-16-8-10-24-54(44)56/h1-5,8-14,16-21,23-33,35-42,49,60,62,65-66H,6-7,15,22,34H2. The van der Waals surface area contributed by atoms with Crippen molar-refractivity contribution in [1.29, 1.82) is 0 Å². The molecule has 338 valence electrons. The molecule has 0 saturated carbocycles. The van der Waals surface area contributed by atoms with Crippen LogP contribution in [0.4, 0.5) is 17.1 Å². The Morgan fingerprint density at radius 1 is 0.586 bits per heavy atom. The van der Waals surface area contributed by atoms with Gasteiger partial charge in [-0.2, -0.15) is 0 Å². The van der Waals surface area contributed by atoms with Crippen molar-refractivity contribution in [3.8, 4) is 16.9 Å². The largest absolute Gasteiger partial charge is 0.482 e. The lowest BCUT2D eigenvalue weighted by molar-refractivity contribution is 0.0275. The van der Waals surface area contributed by atoms with Gasteiger partial charge in [-0.05, 0) is 147 Å². The highest BCUT2D eigenvalue weighted by Crippen LogP contribution is 2.49. The maximum Gasteiger partial charge on any atom is 0.155 e. The normalized spacial score (nSPS) is 22.2. The number of nitrogens with zero attached hydrogens (tertiary/aromatic N) is 2. The number of fused-ring (bicyclic) bond motifs is 10. The third kappa shape index (κ3) is 6.84. The van der Waals surface area contributed by atoms with Gasteiger partial charge < -0.3 is 19.3 Å². The maximum atomic E-state index is 7.32. The van der Waals surface area contributed by atoms with Crippen molar-refractivity contribution in [2.45, 2.75) is 56.5 Å². The van der Waals surface area contributed by atoms with Crippen LogP contribution in [0.1, 0.15) is 47.9 Å². The molecule has 7 aromatic rings.